The summed E-state index contributed by atoms with van der Waals surface area (Å²) in [7, 11) is 3.08. The van der Waals surface area contributed by atoms with Gasteiger partial charge in [-0.05, 0) is 18.2 Å². The van der Waals surface area contributed by atoms with Gasteiger partial charge in [-0.3, -0.25) is 4.79 Å². The standard InChI is InChI=1S/C12H12N2O3S/c1-16-9-4-3-8(5-10(9)17-2)12(15)14-11-6-18-7-13-11/h3-7H,1-2H3,(H,14,15). The summed E-state index contributed by atoms with van der Waals surface area (Å²) >= 11 is 1.42. The smallest absolute Gasteiger partial charge is 0.256 e. The minimum Gasteiger partial charge on any atom is -0.493 e. The fraction of sp³-hybridized carbons (Fsp3) is 0.167. The summed E-state index contributed by atoms with van der Waals surface area (Å²) in [5.74, 6) is 1.41. The second-order valence-electron chi connectivity index (χ2n) is 3.40. The minimum atomic E-state index is -0.234. The van der Waals surface area contributed by atoms with Crippen molar-refractivity contribution in [1.82, 2.24) is 4.98 Å². The van der Waals surface area contributed by atoms with Gasteiger partial charge >= 0.3 is 0 Å². The summed E-state index contributed by atoms with van der Waals surface area (Å²) in [6.07, 6.45) is 0. The maximum absolute atomic E-state index is 11.9. The molecule has 0 spiro atoms. The molecule has 0 unspecified atom stereocenters. The summed E-state index contributed by atoms with van der Waals surface area (Å²) in [4.78, 5) is 15.9. The lowest BCUT2D eigenvalue weighted by atomic mass is 10.2. The lowest BCUT2D eigenvalue weighted by Gasteiger charge is -2.09. The molecule has 0 bridgehead atoms. The molecule has 6 heteroatoms. The molecule has 1 amide bonds. The van der Waals surface area contributed by atoms with E-state index in [1.54, 1.807) is 36.2 Å². The summed E-state index contributed by atoms with van der Waals surface area (Å²) in [6, 6.07) is 4.98. The normalized spacial score (nSPS) is 9.89. The first-order chi connectivity index (χ1) is 8.74. The second kappa shape index (κ2) is 5.50. The zero-order valence-corrected chi connectivity index (χ0v) is 10.8. The van der Waals surface area contributed by atoms with Crippen molar-refractivity contribution in [3.05, 3.63) is 34.7 Å². The van der Waals surface area contributed by atoms with Gasteiger partial charge in [-0.2, -0.15) is 0 Å². The first-order valence-electron chi connectivity index (χ1n) is 5.16. The SMILES string of the molecule is COc1ccc(C(=O)Nc2cscn2)cc1OC. The number of thiazole rings is 1. The van der Waals surface area contributed by atoms with Crippen molar-refractivity contribution in [2.45, 2.75) is 0 Å². The van der Waals surface area contributed by atoms with Gasteiger partial charge in [0.15, 0.2) is 11.5 Å². The zero-order chi connectivity index (χ0) is 13.0. The Hall–Kier alpha value is -2.08. The first kappa shape index (κ1) is 12.4. The van der Waals surface area contributed by atoms with Crippen LogP contribution in [0, 0.1) is 0 Å². The highest BCUT2D eigenvalue weighted by Crippen LogP contribution is 2.27. The molecular formula is C12H12N2O3S. The van der Waals surface area contributed by atoms with Gasteiger partial charge in [-0.15, -0.1) is 11.3 Å². The highest BCUT2D eigenvalue weighted by Gasteiger charge is 2.11. The van der Waals surface area contributed by atoms with E-state index in [0.717, 1.165) is 0 Å². The van der Waals surface area contributed by atoms with Crippen molar-refractivity contribution in [3.8, 4) is 11.5 Å². The molecule has 0 saturated heterocycles. The van der Waals surface area contributed by atoms with Crippen LogP contribution in [0.5, 0.6) is 11.5 Å². The zero-order valence-electron chi connectivity index (χ0n) is 9.97. The molecule has 0 aliphatic heterocycles. The highest BCUT2D eigenvalue weighted by atomic mass is 32.1. The first-order valence-corrected chi connectivity index (χ1v) is 6.10. The van der Waals surface area contributed by atoms with E-state index >= 15 is 0 Å². The number of carbonyl (C=O) groups is 1. The van der Waals surface area contributed by atoms with Crippen LogP contribution in [0.3, 0.4) is 0 Å². The maximum atomic E-state index is 11.9. The Morgan fingerprint density at radius 3 is 2.67 bits per heavy atom. The Morgan fingerprint density at radius 2 is 2.06 bits per heavy atom. The van der Waals surface area contributed by atoms with Gasteiger partial charge in [0.1, 0.15) is 5.82 Å². The molecule has 0 saturated carbocycles. The molecule has 5 nitrogen and oxygen atoms in total. The Kier molecular flexibility index (Phi) is 3.78. The predicted molar refractivity (Wildman–Crippen MR) is 69.6 cm³/mol. The Labute approximate surface area is 108 Å². The van der Waals surface area contributed by atoms with E-state index in [1.165, 1.54) is 18.4 Å². The number of benzene rings is 1. The summed E-state index contributed by atoms with van der Waals surface area (Å²) in [6.45, 7) is 0. The van der Waals surface area contributed by atoms with E-state index < -0.39 is 0 Å². The molecule has 0 radical (unpaired) electrons. The van der Waals surface area contributed by atoms with Crippen molar-refractivity contribution in [3.63, 3.8) is 0 Å². The third-order valence-electron chi connectivity index (χ3n) is 2.32. The second-order valence-corrected chi connectivity index (χ2v) is 4.12. The van der Waals surface area contributed by atoms with Crippen LogP contribution in [0.2, 0.25) is 0 Å². The lowest BCUT2D eigenvalue weighted by molar-refractivity contribution is 0.102. The molecule has 1 N–H and O–H groups in total. The van der Waals surface area contributed by atoms with Gasteiger partial charge in [0, 0.05) is 10.9 Å². The van der Waals surface area contributed by atoms with Crippen molar-refractivity contribution in [2.75, 3.05) is 19.5 Å². The topological polar surface area (TPSA) is 60.5 Å². The van der Waals surface area contributed by atoms with E-state index in [1.807, 2.05) is 0 Å². The van der Waals surface area contributed by atoms with Gasteiger partial charge in [-0.25, -0.2) is 4.98 Å². The summed E-state index contributed by atoms with van der Waals surface area (Å²) in [5.41, 5.74) is 2.14. The van der Waals surface area contributed by atoms with Crippen molar-refractivity contribution >= 4 is 23.1 Å². The van der Waals surface area contributed by atoms with Crippen molar-refractivity contribution in [2.24, 2.45) is 0 Å². The van der Waals surface area contributed by atoms with Crippen LogP contribution in [-0.4, -0.2) is 25.1 Å². The van der Waals surface area contributed by atoms with Crippen LogP contribution < -0.4 is 14.8 Å². The fourth-order valence-corrected chi connectivity index (χ4v) is 1.92. The average molecular weight is 264 g/mol. The number of hydrogen-bond donors (Lipinski definition) is 1. The molecule has 1 aromatic heterocycles. The number of methoxy groups -OCH3 is 2. The van der Waals surface area contributed by atoms with E-state index in [0.29, 0.717) is 22.9 Å². The fourth-order valence-electron chi connectivity index (χ4n) is 1.44. The number of hydrogen-bond acceptors (Lipinski definition) is 5. The number of ether oxygens (including phenoxy) is 2. The number of nitrogens with one attached hydrogen (secondary N) is 1. The van der Waals surface area contributed by atoms with Crippen molar-refractivity contribution in [1.29, 1.82) is 0 Å². The number of rotatable bonds is 4. The Balaban J connectivity index is 2.20. The van der Waals surface area contributed by atoms with Crippen molar-refractivity contribution < 1.29 is 14.3 Å². The number of aromatic nitrogens is 1. The maximum Gasteiger partial charge on any atom is 0.256 e. The van der Waals surface area contributed by atoms with Crippen LogP contribution in [0.4, 0.5) is 5.82 Å². The molecule has 1 heterocycles. The number of nitrogens with zero attached hydrogens (tertiary/aromatic N) is 1. The third kappa shape index (κ3) is 2.60. The van der Waals surface area contributed by atoms with Gasteiger partial charge in [0.05, 0.1) is 19.7 Å². The van der Waals surface area contributed by atoms with E-state index in [4.69, 9.17) is 9.47 Å². The van der Waals surface area contributed by atoms with Crippen LogP contribution in [-0.2, 0) is 0 Å². The van der Waals surface area contributed by atoms with Gasteiger partial charge in [0.2, 0.25) is 0 Å². The van der Waals surface area contributed by atoms with Gasteiger partial charge in [0.25, 0.3) is 5.91 Å². The third-order valence-corrected chi connectivity index (χ3v) is 2.91. The van der Waals surface area contributed by atoms with Crippen LogP contribution >= 0.6 is 11.3 Å². The van der Waals surface area contributed by atoms with Crippen LogP contribution in [0.1, 0.15) is 10.4 Å². The lowest BCUT2D eigenvalue weighted by Crippen LogP contribution is -2.12. The molecule has 0 fully saturated rings. The van der Waals surface area contributed by atoms with Gasteiger partial charge < -0.3 is 14.8 Å². The molecule has 0 atom stereocenters. The highest BCUT2D eigenvalue weighted by molar-refractivity contribution is 7.07. The van der Waals surface area contributed by atoms with Crippen LogP contribution in [0.15, 0.2) is 29.1 Å². The van der Waals surface area contributed by atoms with E-state index in [2.05, 4.69) is 10.3 Å². The summed E-state index contributed by atoms with van der Waals surface area (Å²) in [5, 5.41) is 4.45. The number of anilines is 1. The Bertz CT molecular complexity index is 540. The van der Waals surface area contributed by atoms with E-state index in [-0.39, 0.29) is 5.91 Å². The molecule has 94 valence electrons. The quantitative estimate of drug-likeness (QED) is 0.921. The molecule has 0 aliphatic carbocycles. The number of carbonyl (C=O) groups excluding carboxylic acids is 1. The van der Waals surface area contributed by atoms with Crippen LogP contribution in [0.25, 0.3) is 0 Å². The summed E-state index contributed by atoms with van der Waals surface area (Å²) < 4.78 is 10.3. The Morgan fingerprint density at radius 1 is 1.28 bits per heavy atom. The molecule has 2 rings (SSSR count). The van der Waals surface area contributed by atoms with E-state index in [9.17, 15) is 4.79 Å². The molecular weight excluding hydrogens is 252 g/mol. The largest absolute Gasteiger partial charge is 0.493 e. The van der Waals surface area contributed by atoms with Gasteiger partial charge in [-0.1, -0.05) is 0 Å². The molecule has 2 aromatic rings. The number of amides is 1. The molecule has 1 aromatic carbocycles. The average Bonchev–Trinajstić information content (AvgIpc) is 2.90. The predicted octanol–water partition coefficient (Wildman–Crippen LogP) is 2.41. The molecule has 18 heavy (non-hydrogen) atoms. The monoisotopic (exact) mass is 264 g/mol. The molecule has 0 aliphatic rings. The minimum absolute atomic E-state index is 0.234.